The van der Waals surface area contributed by atoms with Gasteiger partial charge >= 0.3 is 0 Å². The highest BCUT2D eigenvalue weighted by molar-refractivity contribution is 5.39. The fourth-order valence-corrected chi connectivity index (χ4v) is 1.31. The molecule has 82 valence electrons. The van der Waals surface area contributed by atoms with Crippen LogP contribution in [0.5, 0.6) is 17.4 Å². The molecule has 0 radical (unpaired) electrons. The minimum atomic E-state index is 0.374. The summed E-state index contributed by atoms with van der Waals surface area (Å²) in [4.78, 5) is 0. The molecule has 0 unspecified atom stereocenters. The van der Waals surface area contributed by atoms with Crippen LogP contribution >= 0.6 is 0 Å². The van der Waals surface area contributed by atoms with Crippen LogP contribution in [0, 0.1) is 6.92 Å². The van der Waals surface area contributed by atoms with E-state index in [0.717, 1.165) is 11.3 Å². The Bertz CT molecular complexity index is 486. The topological polar surface area (TPSA) is 44.2 Å². The van der Waals surface area contributed by atoms with Crippen LogP contribution in [-0.2, 0) is 0 Å². The lowest BCUT2D eigenvalue weighted by Crippen LogP contribution is -1.95. The molecule has 0 bridgehead atoms. The van der Waals surface area contributed by atoms with E-state index in [-0.39, 0.29) is 0 Å². The van der Waals surface area contributed by atoms with E-state index in [4.69, 9.17) is 9.47 Å². The van der Waals surface area contributed by atoms with Crippen molar-refractivity contribution in [2.45, 2.75) is 6.92 Å². The Morgan fingerprint density at radius 3 is 2.62 bits per heavy atom. The molecule has 1 aromatic heterocycles. The molecule has 0 N–H and O–H groups in total. The number of hydrogen-bond acceptors (Lipinski definition) is 4. The molecule has 4 nitrogen and oxygen atoms in total. The van der Waals surface area contributed by atoms with Crippen molar-refractivity contribution in [3.8, 4) is 17.4 Å². The van der Waals surface area contributed by atoms with Crippen molar-refractivity contribution in [3.05, 3.63) is 42.1 Å². The first kappa shape index (κ1) is 10.4. The zero-order valence-corrected chi connectivity index (χ0v) is 9.18. The number of hydrogen-bond donors (Lipinski definition) is 0. The minimum absolute atomic E-state index is 0.374. The van der Waals surface area contributed by atoms with Gasteiger partial charge in [0, 0.05) is 6.07 Å². The van der Waals surface area contributed by atoms with E-state index in [1.165, 1.54) is 0 Å². The van der Waals surface area contributed by atoms with Crippen LogP contribution in [0.2, 0.25) is 0 Å². The van der Waals surface area contributed by atoms with Gasteiger partial charge in [-0.1, -0.05) is 18.2 Å². The molecule has 0 aliphatic rings. The van der Waals surface area contributed by atoms with Gasteiger partial charge in [-0.3, -0.25) is 0 Å². The molecule has 0 fully saturated rings. The second kappa shape index (κ2) is 4.61. The third-order valence-corrected chi connectivity index (χ3v) is 2.17. The molecule has 4 heteroatoms. The maximum Gasteiger partial charge on any atom is 0.281 e. The van der Waals surface area contributed by atoms with E-state index >= 15 is 0 Å². The van der Waals surface area contributed by atoms with E-state index in [1.54, 1.807) is 19.4 Å². The summed E-state index contributed by atoms with van der Waals surface area (Å²) in [6.45, 7) is 1.97. The fraction of sp³-hybridized carbons (Fsp3) is 0.167. The van der Waals surface area contributed by atoms with Gasteiger partial charge in [-0.25, -0.2) is 0 Å². The lowest BCUT2D eigenvalue weighted by molar-refractivity contribution is 0.364. The quantitative estimate of drug-likeness (QED) is 0.791. The molecule has 0 amide bonds. The summed E-state index contributed by atoms with van der Waals surface area (Å²) in [5.74, 6) is 1.69. The maximum atomic E-state index is 5.63. The molecule has 1 heterocycles. The Morgan fingerprint density at radius 1 is 1.06 bits per heavy atom. The molecule has 0 saturated carbocycles. The lowest BCUT2D eigenvalue weighted by atomic mass is 10.2. The number of rotatable bonds is 3. The van der Waals surface area contributed by atoms with Crippen LogP contribution in [0.25, 0.3) is 0 Å². The maximum absolute atomic E-state index is 5.63. The summed E-state index contributed by atoms with van der Waals surface area (Å²) in [6.07, 6.45) is 1.56. The van der Waals surface area contributed by atoms with E-state index in [0.29, 0.717) is 11.6 Å². The van der Waals surface area contributed by atoms with Gasteiger partial charge < -0.3 is 9.47 Å². The summed E-state index contributed by atoms with van der Waals surface area (Å²) in [5, 5.41) is 7.65. The zero-order valence-electron chi connectivity index (χ0n) is 9.18. The number of benzene rings is 1. The lowest BCUT2D eigenvalue weighted by Gasteiger charge is -2.09. The molecule has 2 aromatic rings. The number of methoxy groups -OCH3 is 1. The molecule has 1 aromatic carbocycles. The normalized spacial score (nSPS) is 9.88. The summed E-state index contributed by atoms with van der Waals surface area (Å²) >= 11 is 0. The Morgan fingerprint density at radius 2 is 1.88 bits per heavy atom. The standard InChI is InChI=1S/C12H12N2O2/c1-9-5-3-4-6-10(9)16-12-11(15-2)7-8-13-14-12/h3-8H,1-2H3. The predicted molar refractivity (Wildman–Crippen MR) is 59.8 cm³/mol. The van der Waals surface area contributed by atoms with Gasteiger partial charge in [-0.2, -0.15) is 5.10 Å². The first-order valence-electron chi connectivity index (χ1n) is 4.90. The van der Waals surface area contributed by atoms with Crippen molar-refractivity contribution >= 4 is 0 Å². The van der Waals surface area contributed by atoms with Crippen LogP contribution in [0.3, 0.4) is 0 Å². The monoisotopic (exact) mass is 216 g/mol. The van der Waals surface area contributed by atoms with E-state index < -0.39 is 0 Å². The summed E-state index contributed by atoms with van der Waals surface area (Å²) < 4.78 is 10.8. The van der Waals surface area contributed by atoms with Crippen molar-refractivity contribution in [2.75, 3.05) is 7.11 Å². The molecule has 0 aliphatic carbocycles. The third-order valence-electron chi connectivity index (χ3n) is 2.17. The second-order valence-corrected chi connectivity index (χ2v) is 3.27. The van der Waals surface area contributed by atoms with Crippen LogP contribution in [0.1, 0.15) is 5.56 Å². The van der Waals surface area contributed by atoms with E-state index in [9.17, 15) is 0 Å². The third kappa shape index (κ3) is 2.11. The largest absolute Gasteiger partial charge is 0.491 e. The average Bonchev–Trinajstić information content (AvgIpc) is 2.33. The van der Waals surface area contributed by atoms with Crippen molar-refractivity contribution in [2.24, 2.45) is 0 Å². The Kier molecular flexibility index (Phi) is 3.00. The highest BCUT2D eigenvalue weighted by Gasteiger charge is 2.07. The first-order chi connectivity index (χ1) is 7.81. The number of ether oxygens (including phenoxy) is 2. The van der Waals surface area contributed by atoms with Crippen molar-refractivity contribution in [1.29, 1.82) is 0 Å². The SMILES string of the molecule is COc1ccnnc1Oc1ccccc1C. The molecule has 0 aliphatic heterocycles. The first-order valence-corrected chi connectivity index (χ1v) is 4.90. The van der Waals surface area contributed by atoms with Crippen LogP contribution in [0.4, 0.5) is 0 Å². The van der Waals surface area contributed by atoms with Crippen molar-refractivity contribution < 1.29 is 9.47 Å². The zero-order chi connectivity index (χ0) is 11.4. The van der Waals surface area contributed by atoms with Gasteiger partial charge in [-0.05, 0) is 18.6 Å². The predicted octanol–water partition coefficient (Wildman–Crippen LogP) is 2.59. The Balaban J connectivity index is 2.30. The Hall–Kier alpha value is -2.10. The van der Waals surface area contributed by atoms with Crippen molar-refractivity contribution in [3.63, 3.8) is 0 Å². The van der Waals surface area contributed by atoms with Crippen LogP contribution in [-0.4, -0.2) is 17.3 Å². The van der Waals surface area contributed by atoms with Crippen molar-refractivity contribution in [1.82, 2.24) is 10.2 Å². The Labute approximate surface area is 93.9 Å². The highest BCUT2D eigenvalue weighted by Crippen LogP contribution is 2.29. The van der Waals surface area contributed by atoms with Gasteiger partial charge in [-0.15, -0.1) is 5.10 Å². The van der Waals surface area contributed by atoms with E-state index in [2.05, 4.69) is 10.2 Å². The smallest absolute Gasteiger partial charge is 0.281 e. The van der Waals surface area contributed by atoms with Gasteiger partial charge in [0.05, 0.1) is 13.3 Å². The molecule has 0 spiro atoms. The number of nitrogens with zero attached hydrogens (tertiary/aromatic N) is 2. The minimum Gasteiger partial charge on any atom is -0.491 e. The number of aromatic nitrogens is 2. The average molecular weight is 216 g/mol. The van der Waals surface area contributed by atoms with Gasteiger partial charge in [0.25, 0.3) is 5.88 Å². The molecular formula is C12H12N2O2. The van der Waals surface area contributed by atoms with Gasteiger partial charge in [0.1, 0.15) is 5.75 Å². The molecule has 0 saturated heterocycles. The van der Waals surface area contributed by atoms with Gasteiger partial charge in [0.15, 0.2) is 5.75 Å². The fourth-order valence-electron chi connectivity index (χ4n) is 1.31. The van der Waals surface area contributed by atoms with Crippen LogP contribution < -0.4 is 9.47 Å². The highest BCUT2D eigenvalue weighted by atomic mass is 16.5. The summed E-state index contributed by atoms with van der Waals surface area (Å²) in [6, 6.07) is 9.42. The summed E-state index contributed by atoms with van der Waals surface area (Å²) in [7, 11) is 1.57. The van der Waals surface area contributed by atoms with Crippen LogP contribution in [0.15, 0.2) is 36.5 Å². The van der Waals surface area contributed by atoms with E-state index in [1.807, 2.05) is 31.2 Å². The molecule has 2 rings (SSSR count). The molecular weight excluding hydrogens is 204 g/mol. The number of para-hydroxylation sites is 1. The summed E-state index contributed by atoms with van der Waals surface area (Å²) in [5.41, 5.74) is 1.04. The molecule has 0 atom stereocenters. The second-order valence-electron chi connectivity index (χ2n) is 3.27. The number of aryl methyl sites for hydroxylation is 1. The van der Waals surface area contributed by atoms with Gasteiger partial charge in [0.2, 0.25) is 0 Å². The molecule has 16 heavy (non-hydrogen) atoms.